The van der Waals surface area contributed by atoms with Gasteiger partial charge in [0.05, 0.1) is 11.5 Å². The molecule has 0 saturated carbocycles. The molecule has 0 bridgehead atoms. The summed E-state index contributed by atoms with van der Waals surface area (Å²) in [6, 6.07) is 4.50. The third kappa shape index (κ3) is 2.83. The zero-order chi connectivity index (χ0) is 15.0. The van der Waals surface area contributed by atoms with Crippen molar-refractivity contribution in [3.63, 3.8) is 0 Å². The minimum Gasteiger partial charge on any atom is -0.379 e. The first kappa shape index (κ1) is 14.9. The maximum atomic E-state index is 12.2. The monoisotopic (exact) mass is 299 g/mol. The Morgan fingerprint density at radius 3 is 2.70 bits per heavy atom. The molecule has 1 aromatic carbocycles. The largest absolute Gasteiger partial charge is 0.379 e. The van der Waals surface area contributed by atoms with Crippen molar-refractivity contribution in [3.05, 3.63) is 23.8 Å². The summed E-state index contributed by atoms with van der Waals surface area (Å²) < 4.78 is 28.0. The van der Waals surface area contributed by atoms with Crippen LogP contribution in [-0.4, -0.2) is 33.1 Å². The highest BCUT2D eigenvalue weighted by Crippen LogP contribution is 2.24. The van der Waals surface area contributed by atoms with Crippen LogP contribution in [-0.2, 0) is 19.6 Å². The van der Waals surface area contributed by atoms with Crippen molar-refractivity contribution < 1.29 is 17.9 Å². The quantitative estimate of drug-likeness (QED) is 0.706. The summed E-state index contributed by atoms with van der Waals surface area (Å²) in [5.74, 6) is -0.398. The van der Waals surface area contributed by atoms with Crippen LogP contribution >= 0.6 is 0 Å². The topological polar surface area (TPSA) is 125 Å². The second-order valence-electron chi connectivity index (χ2n) is 4.89. The van der Waals surface area contributed by atoms with Gasteiger partial charge in [-0.25, -0.2) is 13.6 Å². The summed E-state index contributed by atoms with van der Waals surface area (Å²) in [6.45, 7) is 2.15. The number of hydrogen-bond acceptors (Lipinski definition) is 5. The number of nitrogens with two attached hydrogens (primary N) is 2. The number of hydrogen-bond donors (Lipinski definition) is 3. The number of benzene rings is 1. The van der Waals surface area contributed by atoms with Crippen LogP contribution in [0.25, 0.3) is 0 Å². The van der Waals surface area contributed by atoms with E-state index in [1.54, 1.807) is 13.0 Å². The van der Waals surface area contributed by atoms with Crippen molar-refractivity contribution in [3.8, 4) is 0 Å². The van der Waals surface area contributed by atoms with E-state index in [9.17, 15) is 13.2 Å². The van der Waals surface area contributed by atoms with Gasteiger partial charge in [-0.05, 0) is 31.0 Å². The van der Waals surface area contributed by atoms with Crippen molar-refractivity contribution in [2.75, 3.05) is 18.5 Å². The minimum atomic E-state index is -3.83. The Bertz CT molecular complexity index is 636. The Labute approximate surface area is 117 Å². The number of sulfonamides is 1. The predicted octanol–water partition coefficient (Wildman–Crippen LogP) is -0.301. The van der Waals surface area contributed by atoms with E-state index in [-0.39, 0.29) is 11.5 Å². The van der Waals surface area contributed by atoms with Gasteiger partial charge in [-0.15, -0.1) is 0 Å². The molecule has 1 atom stereocenters. The zero-order valence-electron chi connectivity index (χ0n) is 11.0. The molecule has 0 aliphatic carbocycles. The average molecular weight is 299 g/mol. The van der Waals surface area contributed by atoms with Gasteiger partial charge in [-0.1, -0.05) is 6.07 Å². The Morgan fingerprint density at radius 1 is 1.45 bits per heavy atom. The van der Waals surface area contributed by atoms with Crippen LogP contribution in [0, 0.1) is 6.92 Å². The van der Waals surface area contributed by atoms with E-state index >= 15 is 0 Å². The van der Waals surface area contributed by atoms with E-state index in [1.807, 2.05) is 0 Å². The minimum absolute atomic E-state index is 0.0240. The molecule has 0 spiro atoms. The van der Waals surface area contributed by atoms with Gasteiger partial charge in [0, 0.05) is 12.3 Å². The second kappa shape index (κ2) is 5.13. The maximum Gasteiger partial charge on any atom is 0.246 e. The first-order chi connectivity index (χ1) is 9.24. The molecule has 2 rings (SSSR count). The number of carbonyl (C=O) groups is 1. The predicted molar refractivity (Wildman–Crippen MR) is 73.5 cm³/mol. The summed E-state index contributed by atoms with van der Waals surface area (Å²) in [6.07, 6.45) is 0.423. The molecule has 0 radical (unpaired) electrons. The number of amides is 1. The van der Waals surface area contributed by atoms with Gasteiger partial charge in [0.1, 0.15) is 5.54 Å². The average Bonchev–Trinajstić information content (AvgIpc) is 2.78. The highest BCUT2D eigenvalue weighted by atomic mass is 32.2. The Balaban J connectivity index is 2.29. The standard InChI is InChI=1S/C12H17N3O4S/c1-8-9(3-2-4-10(8)20(14,17)18)15-11(16)12(13)5-6-19-7-12/h2-4H,5-7,13H2,1H3,(H,15,16)(H2,14,17,18). The zero-order valence-corrected chi connectivity index (χ0v) is 11.9. The number of ether oxygens (including phenoxy) is 1. The van der Waals surface area contributed by atoms with Gasteiger partial charge in [0.25, 0.3) is 0 Å². The molecule has 1 saturated heterocycles. The van der Waals surface area contributed by atoms with Crippen LogP contribution in [0.1, 0.15) is 12.0 Å². The van der Waals surface area contributed by atoms with E-state index in [2.05, 4.69) is 5.32 Å². The fraction of sp³-hybridized carbons (Fsp3) is 0.417. The number of anilines is 1. The van der Waals surface area contributed by atoms with Crippen molar-refractivity contribution in [2.45, 2.75) is 23.8 Å². The molecule has 5 N–H and O–H groups in total. The maximum absolute atomic E-state index is 12.2. The highest BCUT2D eigenvalue weighted by molar-refractivity contribution is 7.89. The first-order valence-corrected chi connectivity index (χ1v) is 7.59. The van der Waals surface area contributed by atoms with Gasteiger partial charge in [-0.2, -0.15) is 0 Å². The van der Waals surface area contributed by atoms with Gasteiger partial charge in [0.2, 0.25) is 15.9 Å². The summed E-state index contributed by atoms with van der Waals surface area (Å²) in [4.78, 5) is 12.1. The van der Waals surface area contributed by atoms with E-state index in [0.29, 0.717) is 24.3 Å². The lowest BCUT2D eigenvalue weighted by Gasteiger charge is -2.21. The van der Waals surface area contributed by atoms with Crippen LogP contribution in [0.2, 0.25) is 0 Å². The fourth-order valence-electron chi connectivity index (χ4n) is 2.06. The number of primary sulfonamides is 1. The summed E-state index contributed by atoms with van der Waals surface area (Å²) >= 11 is 0. The lowest BCUT2D eigenvalue weighted by Crippen LogP contribution is -2.51. The smallest absolute Gasteiger partial charge is 0.246 e. The van der Waals surface area contributed by atoms with E-state index in [0.717, 1.165) is 0 Å². The lowest BCUT2D eigenvalue weighted by molar-refractivity contribution is -0.121. The van der Waals surface area contributed by atoms with Gasteiger partial charge in [0.15, 0.2) is 0 Å². The SMILES string of the molecule is Cc1c(NC(=O)C2(N)CCOC2)cccc1S(N)(=O)=O. The molecule has 1 fully saturated rings. The molecule has 1 aliphatic rings. The molecule has 7 nitrogen and oxygen atoms in total. The fourth-order valence-corrected chi connectivity index (χ4v) is 2.87. The molecule has 1 aromatic rings. The number of carbonyl (C=O) groups excluding carboxylic acids is 1. The molecule has 1 heterocycles. The van der Waals surface area contributed by atoms with Crippen molar-refractivity contribution in [1.29, 1.82) is 0 Å². The molecule has 0 aromatic heterocycles. The van der Waals surface area contributed by atoms with Crippen LogP contribution in [0.15, 0.2) is 23.1 Å². The Morgan fingerprint density at radius 2 is 2.15 bits per heavy atom. The molecule has 110 valence electrons. The molecular formula is C12H17N3O4S. The van der Waals surface area contributed by atoms with Crippen LogP contribution in [0.3, 0.4) is 0 Å². The van der Waals surface area contributed by atoms with Gasteiger partial charge < -0.3 is 15.8 Å². The first-order valence-electron chi connectivity index (χ1n) is 6.04. The normalized spacial score (nSPS) is 22.8. The third-order valence-electron chi connectivity index (χ3n) is 3.34. The van der Waals surface area contributed by atoms with E-state index in [4.69, 9.17) is 15.6 Å². The summed E-state index contributed by atoms with van der Waals surface area (Å²) in [7, 11) is -3.83. The van der Waals surface area contributed by atoms with Crippen molar-refractivity contribution in [1.82, 2.24) is 0 Å². The van der Waals surface area contributed by atoms with Crippen LogP contribution in [0.4, 0.5) is 5.69 Å². The van der Waals surface area contributed by atoms with Crippen LogP contribution in [0.5, 0.6) is 0 Å². The summed E-state index contributed by atoms with van der Waals surface area (Å²) in [5, 5.41) is 7.76. The number of rotatable bonds is 3. The van der Waals surface area contributed by atoms with Gasteiger partial charge in [-0.3, -0.25) is 4.79 Å². The molecule has 1 amide bonds. The Kier molecular flexibility index (Phi) is 3.83. The molecule has 20 heavy (non-hydrogen) atoms. The molecular weight excluding hydrogens is 282 g/mol. The molecule has 8 heteroatoms. The number of nitrogens with one attached hydrogen (secondary N) is 1. The van der Waals surface area contributed by atoms with Crippen molar-refractivity contribution >= 4 is 21.6 Å². The highest BCUT2D eigenvalue weighted by Gasteiger charge is 2.38. The second-order valence-corrected chi connectivity index (χ2v) is 6.42. The summed E-state index contributed by atoms with van der Waals surface area (Å²) in [5.41, 5.74) is 5.62. The molecule has 1 unspecified atom stereocenters. The van der Waals surface area contributed by atoms with Gasteiger partial charge >= 0.3 is 0 Å². The lowest BCUT2D eigenvalue weighted by atomic mass is 9.99. The van der Waals surface area contributed by atoms with E-state index in [1.165, 1.54) is 12.1 Å². The van der Waals surface area contributed by atoms with Crippen LogP contribution < -0.4 is 16.2 Å². The Hall–Kier alpha value is -1.48. The third-order valence-corrected chi connectivity index (χ3v) is 4.40. The van der Waals surface area contributed by atoms with Crippen molar-refractivity contribution in [2.24, 2.45) is 10.9 Å². The molecule has 1 aliphatic heterocycles. The van der Waals surface area contributed by atoms with E-state index < -0.39 is 21.5 Å².